The highest BCUT2D eigenvalue weighted by molar-refractivity contribution is 7.10. The normalized spacial score (nSPS) is 16.1. The van der Waals surface area contributed by atoms with Crippen LogP contribution in [0.25, 0.3) is 0 Å². The van der Waals surface area contributed by atoms with Crippen molar-refractivity contribution < 1.29 is 24.0 Å². The Morgan fingerprint density at radius 2 is 2.04 bits per heavy atom. The minimum atomic E-state index is -0.756. The van der Waals surface area contributed by atoms with Gasteiger partial charge in [0.05, 0.1) is 11.0 Å². The van der Waals surface area contributed by atoms with Gasteiger partial charge < -0.3 is 14.4 Å². The molecular formula is C18H18N2O6S. The van der Waals surface area contributed by atoms with Gasteiger partial charge >= 0.3 is 11.7 Å². The van der Waals surface area contributed by atoms with E-state index in [0.717, 1.165) is 17.7 Å². The smallest absolute Gasteiger partial charge is 0.344 e. The molecule has 1 aliphatic heterocycles. The summed E-state index contributed by atoms with van der Waals surface area (Å²) in [7, 11) is 0. The van der Waals surface area contributed by atoms with Gasteiger partial charge in [0.2, 0.25) is 0 Å². The van der Waals surface area contributed by atoms with Crippen LogP contribution in [-0.2, 0) is 14.3 Å². The average molecular weight is 390 g/mol. The van der Waals surface area contributed by atoms with Gasteiger partial charge in [-0.15, -0.1) is 11.3 Å². The number of hydrogen-bond donors (Lipinski definition) is 0. The molecule has 1 saturated heterocycles. The van der Waals surface area contributed by atoms with Crippen LogP contribution >= 0.6 is 11.3 Å². The van der Waals surface area contributed by atoms with E-state index in [1.165, 1.54) is 18.2 Å². The molecule has 0 bridgehead atoms. The number of carbonyl (C=O) groups excluding carboxylic acids is 2. The fourth-order valence-corrected chi connectivity index (χ4v) is 3.85. The van der Waals surface area contributed by atoms with Crippen LogP contribution in [0.3, 0.4) is 0 Å². The predicted molar refractivity (Wildman–Crippen MR) is 97.6 cm³/mol. The van der Waals surface area contributed by atoms with Crippen molar-refractivity contribution >= 4 is 28.9 Å². The highest BCUT2D eigenvalue weighted by atomic mass is 32.1. The molecule has 3 rings (SSSR count). The SMILES string of the molecule is O=C(COc1ccccc1[N+](=O)[O-])OCC(=O)N1CCC[C@@H]1c1cccs1. The largest absolute Gasteiger partial charge is 0.475 e. The van der Waals surface area contributed by atoms with E-state index >= 15 is 0 Å². The van der Waals surface area contributed by atoms with Crippen molar-refractivity contribution in [3.05, 3.63) is 56.8 Å². The number of esters is 1. The molecule has 1 aromatic heterocycles. The zero-order valence-electron chi connectivity index (χ0n) is 14.4. The first-order valence-corrected chi connectivity index (χ1v) is 9.29. The standard InChI is InChI=1S/C18H18N2O6S/c21-17(19-9-3-6-14(19)16-8-4-10-27-16)11-26-18(22)12-25-15-7-2-1-5-13(15)20(23)24/h1-2,4-5,7-8,10,14H,3,6,9,11-12H2/t14-/m1/s1. The Morgan fingerprint density at radius 1 is 1.22 bits per heavy atom. The number of nitrogens with zero attached hydrogens (tertiary/aromatic N) is 2. The van der Waals surface area contributed by atoms with Gasteiger partial charge in [0.15, 0.2) is 19.0 Å². The van der Waals surface area contributed by atoms with Gasteiger partial charge in [-0.25, -0.2) is 4.79 Å². The van der Waals surface area contributed by atoms with Gasteiger partial charge in [-0.3, -0.25) is 14.9 Å². The third kappa shape index (κ3) is 4.62. The quantitative estimate of drug-likeness (QED) is 0.409. The molecule has 0 N–H and O–H groups in total. The topological polar surface area (TPSA) is 99.0 Å². The number of nitro groups is 1. The number of rotatable bonds is 7. The van der Waals surface area contributed by atoms with E-state index in [0.29, 0.717) is 6.54 Å². The van der Waals surface area contributed by atoms with Crippen LogP contribution in [0, 0.1) is 10.1 Å². The molecule has 142 valence electrons. The lowest BCUT2D eigenvalue weighted by atomic mass is 10.2. The first kappa shape index (κ1) is 18.8. The van der Waals surface area contributed by atoms with E-state index in [9.17, 15) is 19.7 Å². The molecule has 1 aliphatic rings. The predicted octanol–water partition coefficient (Wildman–Crippen LogP) is 2.94. The van der Waals surface area contributed by atoms with Crippen LogP contribution in [0.1, 0.15) is 23.8 Å². The number of benzene rings is 1. The van der Waals surface area contributed by atoms with Crippen LogP contribution in [0.5, 0.6) is 5.75 Å². The molecule has 1 fully saturated rings. The fourth-order valence-electron chi connectivity index (χ4n) is 2.98. The zero-order chi connectivity index (χ0) is 19.2. The van der Waals surface area contributed by atoms with E-state index in [-0.39, 0.29) is 30.0 Å². The summed E-state index contributed by atoms with van der Waals surface area (Å²) in [6.07, 6.45) is 1.80. The molecule has 2 aromatic rings. The maximum absolute atomic E-state index is 12.4. The average Bonchev–Trinajstić information content (AvgIpc) is 3.35. The van der Waals surface area contributed by atoms with Crippen LogP contribution < -0.4 is 4.74 Å². The molecule has 0 unspecified atom stereocenters. The minimum Gasteiger partial charge on any atom is -0.475 e. The number of para-hydroxylation sites is 2. The van der Waals surface area contributed by atoms with Crippen molar-refractivity contribution in [1.82, 2.24) is 4.90 Å². The van der Waals surface area contributed by atoms with E-state index in [1.807, 2.05) is 17.5 Å². The fraction of sp³-hybridized carbons (Fsp3) is 0.333. The van der Waals surface area contributed by atoms with E-state index < -0.39 is 17.5 Å². The van der Waals surface area contributed by atoms with Crippen molar-refractivity contribution in [3.63, 3.8) is 0 Å². The van der Waals surface area contributed by atoms with Crippen molar-refractivity contribution in [1.29, 1.82) is 0 Å². The van der Waals surface area contributed by atoms with Crippen molar-refractivity contribution in [3.8, 4) is 5.75 Å². The lowest BCUT2D eigenvalue weighted by Crippen LogP contribution is -2.34. The maximum atomic E-state index is 12.4. The summed E-state index contributed by atoms with van der Waals surface area (Å²) in [6.45, 7) is -0.251. The van der Waals surface area contributed by atoms with Gasteiger partial charge in [-0.1, -0.05) is 18.2 Å². The summed E-state index contributed by atoms with van der Waals surface area (Å²) in [4.78, 5) is 37.4. The molecule has 1 aromatic carbocycles. The highest BCUT2D eigenvalue weighted by Gasteiger charge is 2.31. The lowest BCUT2D eigenvalue weighted by Gasteiger charge is -2.23. The molecule has 0 aliphatic carbocycles. The summed E-state index contributed by atoms with van der Waals surface area (Å²) in [5.41, 5.74) is -0.239. The number of amides is 1. The second-order valence-electron chi connectivity index (χ2n) is 5.93. The molecule has 0 radical (unpaired) electrons. The van der Waals surface area contributed by atoms with Gasteiger partial charge in [0.1, 0.15) is 0 Å². The molecular weight excluding hydrogens is 372 g/mol. The Labute approximate surface area is 159 Å². The number of hydrogen-bond acceptors (Lipinski definition) is 7. The van der Waals surface area contributed by atoms with Crippen LogP contribution in [0.15, 0.2) is 41.8 Å². The monoisotopic (exact) mass is 390 g/mol. The summed E-state index contributed by atoms with van der Waals surface area (Å²) >= 11 is 1.60. The molecule has 2 heterocycles. The van der Waals surface area contributed by atoms with Crippen LogP contribution in [0.4, 0.5) is 5.69 Å². The Hall–Kier alpha value is -2.94. The number of ether oxygens (including phenoxy) is 2. The number of thiophene rings is 1. The Morgan fingerprint density at radius 3 is 2.78 bits per heavy atom. The summed E-state index contributed by atoms with van der Waals surface area (Å²) in [5, 5.41) is 12.9. The second-order valence-corrected chi connectivity index (χ2v) is 6.91. The Balaban J connectivity index is 1.49. The van der Waals surface area contributed by atoms with Crippen molar-refractivity contribution in [2.45, 2.75) is 18.9 Å². The summed E-state index contributed by atoms with van der Waals surface area (Å²) in [6, 6.07) is 9.71. The Bertz CT molecular complexity index is 823. The lowest BCUT2D eigenvalue weighted by molar-refractivity contribution is -0.385. The summed E-state index contributed by atoms with van der Waals surface area (Å²) in [5.74, 6) is -1.04. The first-order chi connectivity index (χ1) is 13.1. The number of likely N-dealkylation sites (tertiary alicyclic amines) is 1. The number of nitro benzene ring substituents is 1. The molecule has 1 atom stereocenters. The van der Waals surface area contributed by atoms with Crippen LogP contribution in [-0.4, -0.2) is 41.5 Å². The van der Waals surface area contributed by atoms with Gasteiger partial charge in [-0.2, -0.15) is 0 Å². The third-order valence-corrected chi connectivity index (χ3v) is 5.18. The zero-order valence-corrected chi connectivity index (χ0v) is 15.2. The molecule has 0 saturated carbocycles. The van der Waals surface area contributed by atoms with Crippen LogP contribution in [0.2, 0.25) is 0 Å². The Kier molecular flexibility index (Phi) is 6.02. The first-order valence-electron chi connectivity index (χ1n) is 8.41. The molecule has 1 amide bonds. The van der Waals surface area contributed by atoms with Gasteiger partial charge in [0, 0.05) is 17.5 Å². The highest BCUT2D eigenvalue weighted by Crippen LogP contribution is 2.34. The van der Waals surface area contributed by atoms with Crippen molar-refractivity contribution in [2.24, 2.45) is 0 Å². The number of carbonyl (C=O) groups is 2. The summed E-state index contributed by atoms with van der Waals surface area (Å²) < 4.78 is 10.1. The maximum Gasteiger partial charge on any atom is 0.344 e. The van der Waals surface area contributed by atoms with E-state index in [1.54, 1.807) is 22.3 Å². The third-order valence-electron chi connectivity index (χ3n) is 4.21. The molecule has 0 spiro atoms. The van der Waals surface area contributed by atoms with Crippen molar-refractivity contribution in [2.75, 3.05) is 19.8 Å². The molecule has 27 heavy (non-hydrogen) atoms. The van der Waals surface area contributed by atoms with E-state index in [4.69, 9.17) is 9.47 Å². The van der Waals surface area contributed by atoms with E-state index in [2.05, 4.69) is 0 Å². The minimum absolute atomic E-state index is 0.0249. The molecule has 8 nitrogen and oxygen atoms in total. The van der Waals surface area contributed by atoms with Gasteiger partial charge in [-0.05, 0) is 30.4 Å². The van der Waals surface area contributed by atoms with Gasteiger partial charge in [0.25, 0.3) is 5.91 Å². The molecule has 9 heteroatoms. The second kappa shape index (κ2) is 8.63.